The first-order valence-corrected chi connectivity index (χ1v) is 7.68. The minimum absolute atomic E-state index is 0.138. The number of carbonyl (C=O) groups excluding carboxylic acids is 1. The molecule has 0 saturated carbocycles. The fourth-order valence-corrected chi connectivity index (χ4v) is 2.36. The number of aromatic nitrogens is 2. The molecular formula is C15H15BrF3N3O. The molecule has 2 aromatic rings. The summed E-state index contributed by atoms with van der Waals surface area (Å²) in [7, 11) is 0. The highest BCUT2D eigenvalue weighted by atomic mass is 79.9. The van der Waals surface area contributed by atoms with E-state index in [0.717, 1.165) is 27.0 Å². The summed E-state index contributed by atoms with van der Waals surface area (Å²) in [6.45, 7) is 1.59. The molecule has 2 rings (SSSR count). The average molecular weight is 390 g/mol. The molecule has 0 bridgehead atoms. The van der Waals surface area contributed by atoms with Crippen LogP contribution in [0.2, 0.25) is 0 Å². The van der Waals surface area contributed by atoms with Crippen molar-refractivity contribution in [3.05, 3.63) is 52.3 Å². The molecule has 1 aromatic carbocycles. The van der Waals surface area contributed by atoms with Gasteiger partial charge >= 0.3 is 6.18 Å². The summed E-state index contributed by atoms with van der Waals surface area (Å²) in [4.78, 5) is 11.9. The fourth-order valence-electron chi connectivity index (χ4n) is 2.09. The van der Waals surface area contributed by atoms with Crippen molar-refractivity contribution in [1.29, 1.82) is 0 Å². The molecule has 0 spiro atoms. The summed E-state index contributed by atoms with van der Waals surface area (Å²) in [6.07, 6.45) is -2.73. The number of rotatable bonds is 5. The highest BCUT2D eigenvalue weighted by molar-refractivity contribution is 9.10. The normalized spacial score (nSPS) is 12.9. The van der Waals surface area contributed by atoms with Gasteiger partial charge in [0.05, 0.1) is 0 Å². The Morgan fingerprint density at radius 2 is 1.96 bits per heavy atom. The Morgan fingerprint density at radius 1 is 1.30 bits per heavy atom. The molecule has 0 saturated heterocycles. The lowest BCUT2D eigenvalue weighted by molar-refractivity contribution is -0.141. The Morgan fingerprint density at radius 3 is 2.52 bits per heavy atom. The van der Waals surface area contributed by atoms with Gasteiger partial charge in [-0.3, -0.25) is 9.48 Å². The SMILES string of the molecule is CC(Cc1ccc(Br)cc1)NC(=O)Cn1ccc(C(F)(F)F)n1. The number of nitrogens with one attached hydrogen (secondary N) is 1. The van der Waals surface area contributed by atoms with Crippen molar-refractivity contribution in [2.75, 3.05) is 0 Å². The predicted molar refractivity (Wildman–Crippen MR) is 82.7 cm³/mol. The van der Waals surface area contributed by atoms with Gasteiger partial charge in [0.2, 0.25) is 5.91 Å². The highest BCUT2D eigenvalue weighted by Gasteiger charge is 2.33. The van der Waals surface area contributed by atoms with E-state index in [1.54, 1.807) is 0 Å². The lowest BCUT2D eigenvalue weighted by Gasteiger charge is -2.14. The topological polar surface area (TPSA) is 46.9 Å². The largest absolute Gasteiger partial charge is 0.435 e. The van der Waals surface area contributed by atoms with Crippen LogP contribution in [-0.4, -0.2) is 21.7 Å². The lowest BCUT2D eigenvalue weighted by atomic mass is 10.1. The van der Waals surface area contributed by atoms with Crippen molar-refractivity contribution in [2.45, 2.75) is 32.1 Å². The quantitative estimate of drug-likeness (QED) is 0.851. The molecule has 8 heteroatoms. The molecule has 0 radical (unpaired) electrons. The van der Waals surface area contributed by atoms with Gasteiger partial charge in [-0.05, 0) is 37.1 Å². The van der Waals surface area contributed by atoms with E-state index in [-0.39, 0.29) is 18.5 Å². The lowest BCUT2D eigenvalue weighted by Crippen LogP contribution is -2.36. The summed E-state index contributed by atoms with van der Waals surface area (Å²) in [5.41, 5.74) is 0.0488. The molecule has 0 fully saturated rings. The number of hydrogen-bond acceptors (Lipinski definition) is 2. The fraction of sp³-hybridized carbons (Fsp3) is 0.333. The van der Waals surface area contributed by atoms with Gasteiger partial charge < -0.3 is 5.32 Å². The Bertz CT molecular complexity index is 667. The van der Waals surface area contributed by atoms with Crippen LogP contribution in [-0.2, 0) is 23.9 Å². The van der Waals surface area contributed by atoms with Crippen molar-refractivity contribution in [1.82, 2.24) is 15.1 Å². The Kier molecular flexibility index (Phi) is 5.46. The van der Waals surface area contributed by atoms with E-state index < -0.39 is 11.9 Å². The van der Waals surface area contributed by atoms with Gasteiger partial charge in [-0.1, -0.05) is 28.1 Å². The van der Waals surface area contributed by atoms with Gasteiger partial charge in [0, 0.05) is 16.7 Å². The van der Waals surface area contributed by atoms with Crippen molar-refractivity contribution in [3.8, 4) is 0 Å². The Labute approximate surface area is 139 Å². The number of alkyl halides is 3. The van der Waals surface area contributed by atoms with Crippen molar-refractivity contribution >= 4 is 21.8 Å². The second kappa shape index (κ2) is 7.16. The molecule has 0 aliphatic carbocycles. The zero-order chi connectivity index (χ0) is 17.0. The predicted octanol–water partition coefficient (Wildman–Crippen LogP) is 3.41. The molecule has 0 aliphatic heterocycles. The van der Waals surface area contributed by atoms with Crippen molar-refractivity contribution in [2.24, 2.45) is 0 Å². The average Bonchev–Trinajstić information content (AvgIpc) is 2.89. The van der Waals surface area contributed by atoms with Gasteiger partial charge in [-0.2, -0.15) is 18.3 Å². The molecule has 1 aromatic heterocycles. The summed E-state index contributed by atoms with van der Waals surface area (Å²) >= 11 is 3.35. The van der Waals surface area contributed by atoms with Crippen LogP contribution in [0.25, 0.3) is 0 Å². The van der Waals surface area contributed by atoms with E-state index in [1.165, 1.54) is 0 Å². The smallest absolute Gasteiger partial charge is 0.352 e. The standard InChI is InChI=1S/C15H15BrF3N3O/c1-10(8-11-2-4-12(16)5-3-11)20-14(23)9-22-7-6-13(21-22)15(17,18)19/h2-7,10H,8-9H2,1H3,(H,20,23). The van der Waals surface area contributed by atoms with Crippen LogP contribution < -0.4 is 5.32 Å². The first kappa shape index (κ1) is 17.5. The van der Waals surface area contributed by atoms with E-state index in [2.05, 4.69) is 26.3 Å². The third-order valence-electron chi connectivity index (χ3n) is 3.10. The van der Waals surface area contributed by atoms with Gasteiger partial charge in [-0.15, -0.1) is 0 Å². The van der Waals surface area contributed by atoms with Gasteiger partial charge in [-0.25, -0.2) is 0 Å². The Balaban J connectivity index is 1.86. The van der Waals surface area contributed by atoms with Crippen LogP contribution in [0.3, 0.4) is 0 Å². The van der Waals surface area contributed by atoms with Crippen LogP contribution >= 0.6 is 15.9 Å². The Hall–Kier alpha value is -1.83. The first-order chi connectivity index (χ1) is 10.7. The van der Waals surface area contributed by atoms with Crippen molar-refractivity contribution in [3.63, 3.8) is 0 Å². The van der Waals surface area contributed by atoms with E-state index >= 15 is 0 Å². The van der Waals surface area contributed by atoms with Crippen LogP contribution in [0.4, 0.5) is 13.2 Å². The second-order valence-corrected chi connectivity index (χ2v) is 6.11. The third kappa shape index (κ3) is 5.38. The van der Waals surface area contributed by atoms with Crippen LogP contribution in [0, 0.1) is 0 Å². The number of halogens is 4. The molecule has 4 nitrogen and oxygen atoms in total. The molecular weight excluding hydrogens is 375 g/mol. The van der Waals surface area contributed by atoms with E-state index in [1.807, 2.05) is 31.2 Å². The molecule has 23 heavy (non-hydrogen) atoms. The molecule has 0 aliphatic rings. The number of benzene rings is 1. The minimum Gasteiger partial charge on any atom is -0.352 e. The summed E-state index contributed by atoms with van der Waals surface area (Å²) in [6, 6.07) is 8.41. The number of hydrogen-bond donors (Lipinski definition) is 1. The van der Waals surface area contributed by atoms with E-state index in [9.17, 15) is 18.0 Å². The maximum atomic E-state index is 12.4. The summed E-state index contributed by atoms with van der Waals surface area (Å²) < 4.78 is 39.3. The van der Waals surface area contributed by atoms with Gasteiger partial charge in [0.1, 0.15) is 6.54 Å². The van der Waals surface area contributed by atoms with E-state index in [4.69, 9.17) is 0 Å². The highest BCUT2D eigenvalue weighted by Crippen LogP contribution is 2.27. The molecule has 1 heterocycles. The van der Waals surface area contributed by atoms with Gasteiger partial charge in [0.25, 0.3) is 0 Å². The van der Waals surface area contributed by atoms with Crippen LogP contribution in [0.5, 0.6) is 0 Å². The number of carbonyl (C=O) groups is 1. The zero-order valence-electron chi connectivity index (χ0n) is 12.3. The first-order valence-electron chi connectivity index (χ1n) is 6.88. The second-order valence-electron chi connectivity index (χ2n) is 5.20. The molecule has 1 atom stereocenters. The van der Waals surface area contributed by atoms with Crippen molar-refractivity contribution < 1.29 is 18.0 Å². The minimum atomic E-state index is -4.50. The number of amides is 1. The van der Waals surface area contributed by atoms with Gasteiger partial charge in [0.15, 0.2) is 5.69 Å². The van der Waals surface area contributed by atoms with Crippen LogP contribution in [0.15, 0.2) is 41.0 Å². The third-order valence-corrected chi connectivity index (χ3v) is 3.63. The summed E-state index contributed by atoms with van der Waals surface area (Å²) in [5, 5.41) is 6.09. The zero-order valence-corrected chi connectivity index (χ0v) is 13.9. The molecule has 1 N–H and O–H groups in total. The van der Waals surface area contributed by atoms with Crippen LogP contribution in [0.1, 0.15) is 18.2 Å². The monoisotopic (exact) mass is 389 g/mol. The molecule has 124 valence electrons. The maximum Gasteiger partial charge on any atom is 0.435 e. The van der Waals surface area contributed by atoms with E-state index in [0.29, 0.717) is 6.42 Å². The molecule has 1 amide bonds. The number of nitrogens with zero attached hydrogens (tertiary/aromatic N) is 2. The summed E-state index contributed by atoms with van der Waals surface area (Å²) in [5.74, 6) is -0.383. The molecule has 1 unspecified atom stereocenters. The maximum absolute atomic E-state index is 12.4.